The third kappa shape index (κ3) is 5.13. The SMILES string of the molecule is C=CCN(c1ccccc1OC)S(=O)(=O)c1ccc(Cl)c(C(=O)Nc2ccccc2C(C)=O)c1. The molecule has 3 rings (SSSR count). The molecule has 0 atom stereocenters. The Kier molecular flexibility index (Phi) is 7.75. The highest BCUT2D eigenvalue weighted by atomic mass is 35.5. The normalized spacial score (nSPS) is 10.9. The lowest BCUT2D eigenvalue weighted by Crippen LogP contribution is -2.31. The number of benzene rings is 3. The summed E-state index contributed by atoms with van der Waals surface area (Å²) in [6, 6.07) is 17.1. The summed E-state index contributed by atoms with van der Waals surface area (Å²) < 4.78 is 33.6. The zero-order chi connectivity index (χ0) is 24.9. The molecule has 0 spiro atoms. The average molecular weight is 499 g/mol. The van der Waals surface area contributed by atoms with E-state index in [4.69, 9.17) is 16.3 Å². The Morgan fingerprint density at radius 1 is 1.06 bits per heavy atom. The van der Waals surface area contributed by atoms with E-state index < -0.39 is 15.9 Å². The van der Waals surface area contributed by atoms with Crippen LogP contribution in [0.3, 0.4) is 0 Å². The number of methoxy groups -OCH3 is 1. The van der Waals surface area contributed by atoms with Crippen molar-refractivity contribution in [2.24, 2.45) is 0 Å². The van der Waals surface area contributed by atoms with Crippen molar-refractivity contribution in [3.05, 3.63) is 95.5 Å². The van der Waals surface area contributed by atoms with Crippen LogP contribution in [0.15, 0.2) is 84.3 Å². The molecule has 3 aromatic rings. The first-order valence-corrected chi connectivity index (χ1v) is 12.0. The Bertz CT molecular complexity index is 1350. The van der Waals surface area contributed by atoms with Crippen molar-refractivity contribution < 1.29 is 22.7 Å². The fraction of sp³-hybridized carbons (Fsp3) is 0.120. The maximum absolute atomic E-state index is 13.6. The second-order valence-electron chi connectivity index (χ2n) is 7.19. The molecule has 0 bridgehead atoms. The molecule has 0 saturated heterocycles. The number of nitrogens with zero attached hydrogens (tertiary/aromatic N) is 1. The van der Waals surface area contributed by atoms with Crippen LogP contribution >= 0.6 is 11.6 Å². The Labute approximate surface area is 203 Å². The molecule has 0 aliphatic rings. The van der Waals surface area contributed by atoms with Gasteiger partial charge in [0, 0.05) is 5.56 Å². The number of amides is 1. The van der Waals surface area contributed by atoms with E-state index >= 15 is 0 Å². The van der Waals surface area contributed by atoms with Crippen LogP contribution in [0.25, 0.3) is 0 Å². The van der Waals surface area contributed by atoms with Gasteiger partial charge in [-0.05, 0) is 49.4 Å². The molecule has 0 unspecified atom stereocenters. The summed E-state index contributed by atoms with van der Waals surface area (Å²) in [7, 11) is -2.68. The monoisotopic (exact) mass is 498 g/mol. The van der Waals surface area contributed by atoms with Gasteiger partial charge in [-0.15, -0.1) is 6.58 Å². The molecule has 3 aromatic carbocycles. The second kappa shape index (κ2) is 10.5. The zero-order valence-electron chi connectivity index (χ0n) is 18.6. The molecular weight excluding hydrogens is 476 g/mol. The summed E-state index contributed by atoms with van der Waals surface area (Å²) in [5.41, 5.74) is 0.886. The third-order valence-corrected chi connectivity index (χ3v) is 7.08. The third-order valence-electron chi connectivity index (χ3n) is 4.97. The van der Waals surface area contributed by atoms with Crippen LogP contribution in [-0.4, -0.2) is 33.8 Å². The minimum absolute atomic E-state index is 0.0289. The quantitative estimate of drug-likeness (QED) is 0.324. The number of halogens is 1. The van der Waals surface area contributed by atoms with Crippen LogP contribution in [0, 0.1) is 0 Å². The lowest BCUT2D eigenvalue weighted by molar-refractivity contribution is 0.101. The van der Waals surface area contributed by atoms with Gasteiger partial charge in [0.25, 0.3) is 15.9 Å². The van der Waals surface area contributed by atoms with E-state index in [9.17, 15) is 18.0 Å². The van der Waals surface area contributed by atoms with Gasteiger partial charge in [0.15, 0.2) is 5.78 Å². The van der Waals surface area contributed by atoms with Gasteiger partial charge < -0.3 is 10.1 Å². The van der Waals surface area contributed by atoms with Crippen molar-refractivity contribution in [3.63, 3.8) is 0 Å². The van der Waals surface area contributed by atoms with Crippen LogP contribution in [0.4, 0.5) is 11.4 Å². The number of nitrogens with one attached hydrogen (secondary N) is 1. The number of hydrogen-bond donors (Lipinski definition) is 1. The van der Waals surface area contributed by atoms with Crippen LogP contribution in [0.5, 0.6) is 5.75 Å². The predicted molar refractivity (Wildman–Crippen MR) is 134 cm³/mol. The highest BCUT2D eigenvalue weighted by Crippen LogP contribution is 2.33. The summed E-state index contributed by atoms with van der Waals surface area (Å²) in [4.78, 5) is 24.7. The van der Waals surface area contributed by atoms with Gasteiger partial charge in [0.2, 0.25) is 0 Å². The molecule has 7 nitrogen and oxygen atoms in total. The molecule has 0 saturated carbocycles. The van der Waals surface area contributed by atoms with Gasteiger partial charge in [-0.2, -0.15) is 0 Å². The molecule has 0 radical (unpaired) electrons. The van der Waals surface area contributed by atoms with E-state index in [2.05, 4.69) is 11.9 Å². The molecule has 34 heavy (non-hydrogen) atoms. The number of rotatable bonds is 9. The van der Waals surface area contributed by atoms with Crippen molar-refractivity contribution in [1.82, 2.24) is 0 Å². The molecule has 0 aromatic heterocycles. The summed E-state index contributed by atoms with van der Waals surface area (Å²) in [6.45, 7) is 5.02. The minimum atomic E-state index is -4.13. The number of sulfonamides is 1. The Morgan fingerprint density at radius 3 is 2.41 bits per heavy atom. The molecule has 176 valence electrons. The summed E-state index contributed by atoms with van der Waals surface area (Å²) in [6.07, 6.45) is 1.45. The smallest absolute Gasteiger partial charge is 0.264 e. The molecule has 9 heteroatoms. The number of Topliss-reactive ketones (excluding diaryl/α,β-unsaturated/α-hetero) is 1. The zero-order valence-corrected chi connectivity index (χ0v) is 20.2. The lowest BCUT2D eigenvalue weighted by atomic mass is 10.1. The van der Waals surface area contributed by atoms with Crippen molar-refractivity contribution in [1.29, 1.82) is 0 Å². The van der Waals surface area contributed by atoms with Gasteiger partial charge in [0.05, 0.1) is 40.5 Å². The van der Waals surface area contributed by atoms with Gasteiger partial charge >= 0.3 is 0 Å². The molecule has 1 amide bonds. The predicted octanol–water partition coefficient (Wildman–Crippen LogP) is 5.18. The largest absolute Gasteiger partial charge is 0.495 e. The van der Waals surface area contributed by atoms with E-state index in [1.165, 1.54) is 38.3 Å². The lowest BCUT2D eigenvalue weighted by Gasteiger charge is -2.25. The van der Waals surface area contributed by atoms with Crippen molar-refractivity contribution in [3.8, 4) is 5.75 Å². The van der Waals surface area contributed by atoms with Crippen molar-refractivity contribution >= 4 is 44.7 Å². The van der Waals surface area contributed by atoms with Crippen LogP contribution < -0.4 is 14.4 Å². The van der Waals surface area contributed by atoms with E-state index in [1.807, 2.05) is 0 Å². The van der Waals surface area contributed by atoms with Gasteiger partial charge in [-0.3, -0.25) is 13.9 Å². The van der Waals surface area contributed by atoms with Crippen LogP contribution in [0.2, 0.25) is 5.02 Å². The van der Waals surface area contributed by atoms with Crippen LogP contribution in [-0.2, 0) is 10.0 Å². The number of hydrogen-bond acceptors (Lipinski definition) is 5. The second-order valence-corrected chi connectivity index (χ2v) is 9.46. The summed E-state index contributed by atoms with van der Waals surface area (Å²) in [5.74, 6) is -0.515. The first-order chi connectivity index (χ1) is 16.2. The molecule has 0 aliphatic carbocycles. The fourth-order valence-electron chi connectivity index (χ4n) is 3.33. The molecule has 0 fully saturated rings. The maximum Gasteiger partial charge on any atom is 0.264 e. The van der Waals surface area contributed by atoms with E-state index in [0.29, 0.717) is 22.7 Å². The van der Waals surface area contributed by atoms with E-state index in [-0.39, 0.29) is 27.8 Å². The summed E-state index contributed by atoms with van der Waals surface area (Å²) >= 11 is 6.24. The Balaban J connectivity index is 2.04. The number of carbonyl (C=O) groups excluding carboxylic acids is 2. The highest BCUT2D eigenvalue weighted by Gasteiger charge is 2.28. The molecular formula is C25H23ClN2O5S. The first kappa shape index (κ1) is 25.0. The molecule has 1 N–H and O–H groups in total. The maximum atomic E-state index is 13.6. The van der Waals surface area contributed by atoms with Crippen molar-refractivity contribution in [2.45, 2.75) is 11.8 Å². The Hall–Kier alpha value is -3.62. The number of ether oxygens (including phenoxy) is 1. The van der Waals surface area contributed by atoms with E-state index in [0.717, 1.165) is 4.31 Å². The molecule has 0 aliphatic heterocycles. The minimum Gasteiger partial charge on any atom is -0.495 e. The molecule has 0 heterocycles. The number of para-hydroxylation sites is 3. The standard InChI is InChI=1S/C25H23ClN2O5S/c1-4-15-28(23-11-7-8-12-24(23)33-3)34(31,32)18-13-14-21(26)20(16-18)25(30)27-22-10-6-5-9-19(22)17(2)29/h4-14,16H,1,15H2,2-3H3,(H,27,30). The van der Waals surface area contributed by atoms with Gasteiger partial charge in [-0.25, -0.2) is 8.42 Å². The van der Waals surface area contributed by atoms with E-state index in [1.54, 1.807) is 48.5 Å². The van der Waals surface area contributed by atoms with Crippen LogP contribution in [0.1, 0.15) is 27.6 Å². The first-order valence-electron chi connectivity index (χ1n) is 10.2. The summed E-state index contributed by atoms with van der Waals surface area (Å²) in [5, 5.41) is 2.70. The highest BCUT2D eigenvalue weighted by molar-refractivity contribution is 7.92. The number of ketones is 1. The average Bonchev–Trinajstić information content (AvgIpc) is 2.82. The van der Waals surface area contributed by atoms with Gasteiger partial charge in [0.1, 0.15) is 5.75 Å². The number of anilines is 2. The Morgan fingerprint density at radius 2 is 1.74 bits per heavy atom. The van der Waals surface area contributed by atoms with Crippen molar-refractivity contribution in [2.75, 3.05) is 23.3 Å². The van der Waals surface area contributed by atoms with Gasteiger partial charge in [-0.1, -0.05) is 41.9 Å². The fourth-order valence-corrected chi connectivity index (χ4v) is 5.01. The number of carbonyl (C=O) groups is 2. The topological polar surface area (TPSA) is 92.8 Å².